The third-order valence-electron chi connectivity index (χ3n) is 2.40. The highest BCUT2D eigenvalue weighted by Gasteiger charge is 2.09. The molecule has 0 spiro atoms. The molecule has 0 bridgehead atoms. The highest BCUT2D eigenvalue weighted by molar-refractivity contribution is 6.32. The van der Waals surface area contributed by atoms with Crippen LogP contribution in [0.25, 0.3) is 11.0 Å². The molecule has 0 saturated heterocycles. The minimum atomic E-state index is -0.639. The van der Waals surface area contributed by atoms with Crippen molar-refractivity contribution >= 4 is 23.1 Å². The number of para-hydroxylation sites is 1. The molecule has 2 aromatic rings. The van der Waals surface area contributed by atoms with Crippen LogP contribution in [0.15, 0.2) is 24.4 Å². The number of rotatable bonds is 3. The standard InChI is InChI=1S/C12H10N2O2/c1-2-8-4-3-5-9-12(8)14-10(6-13-9)11(16)7-15/h3-7H,2H2,1H3. The number of nitrogens with zero attached hydrogens (tertiary/aromatic N) is 2. The van der Waals surface area contributed by atoms with Gasteiger partial charge in [0.15, 0.2) is 6.29 Å². The van der Waals surface area contributed by atoms with Gasteiger partial charge in [-0.3, -0.25) is 14.6 Å². The SMILES string of the molecule is CCc1cccc2ncc(C(=O)C=O)nc12. The fourth-order valence-electron chi connectivity index (χ4n) is 1.56. The van der Waals surface area contributed by atoms with E-state index in [-0.39, 0.29) is 12.0 Å². The number of benzene rings is 1. The van der Waals surface area contributed by atoms with E-state index >= 15 is 0 Å². The molecule has 0 aliphatic rings. The van der Waals surface area contributed by atoms with Gasteiger partial charge in [0.25, 0.3) is 0 Å². The van der Waals surface area contributed by atoms with Gasteiger partial charge in [0.1, 0.15) is 5.69 Å². The lowest BCUT2D eigenvalue weighted by molar-refractivity contribution is -0.104. The number of aldehydes is 1. The van der Waals surface area contributed by atoms with Crippen LogP contribution in [0.3, 0.4) is 0 Å². The Labute approximate surface area is 92.3 Å². The molecule has 0 aliphatic heterocycles. The Bertz CT molecular complexity index is 564. The molecule has 0 unspecified atom stereocenters. The first-order valence-corrected chi connectivity index (χ1v) is 5.00. The Kier molecular flexibility index (Phi) is 2.72. The predicted molar refractivity (Wildman–Crippen MR) is 59.3 cm³/mol. The first-order chi connectivity index (χ1) is 7.76. The zero-order chi connectivity index (χ0) is 11.5. The summed E-state index contributed by atoms with van der Waals surface area (Å²) in [7, 11) is 0. The number of aryl methyl sites for hydroxylation is 1. The summed E-state index contributed by atoms with van der Waals surface area (Å²) in [6, 6.07) is 5.67. The molecule has 0 radical (unpaired) electrons. The van der Waals surface area contributed by atoms with Gasteiger partial charge in [-0.2, -0.15) is 0 Å². The molecule has 0 N–H and O–H groups in total. The Balaban J connectivity index is 2.68. The van der Waals surface area contributed by atoms with E-state index in [2.05, 4.69) is 9.97 Å². The fraction of sp³-hybridized carbons (Fsp3) is 0.167. The van der Waals surface area contributed by atoms with E-state index in [0.29, 0.717) is 5.52 Å². The Morgan fingerprint density at radius 1 is 1.44 bits per heavy atom. The second-order valence-electron chi connectivity index (χ2n) is 3.38. The van der Waals surface area contributed by atoms with Crippen molar-refractivity contribution in [2.24, 2.45) is 0 Å². The number of Topliss-reactive ketones (excluding diaryl/α,β-unsaturated/α-hetero) is 1. The number of ketones is 1. The molecule has 4 heteroatoms. The van der Waals surface area contributed by atoms with Gasteiger partial charge in [0.2, 0.25) is 5.78 Å². The van der Waals surface area contributed by atoms with Crippen LogP contribution >= 0.6 is 0 Å². The molecule has 1 heterocycles. The van der Waals surface area contributed by atoms with Crippen LogP contribution in [0.4, 0.5) is 0 Å². The zero-order valence-corrected chi connectivity index (χ0v) is 8.80. The van der Waals surface area contributed by atoms with Gasteiger partial charge >= 0.3 is 0 Å². The molecule has 2 rings (SSSR count). The number of aromatic nitrogens is 2. The van der Waals surface area contributed by atoms with Crippen molar-refractivity contribution in [2.75, 3.05) is 0 Å². The van der Waals surface area contributed by atoms with Crippen LogP contribution in [-0.2, 0) is 11.2 Å². The Hall–Kier alpha value is -2.10. The third-order valence-corrected chi connectivity index (χ3v) is 2.40. The smallest absolute Gasteiger partial charge is 0.245 e. The van der Waals surface area contributed by atoms with Crippen LogP contribution < -0.4 is 0 Å². The lowest BCUT2D eigenvalue weighted by Crippen LogP contribution is -2.05. The van der Waals surface area contributed by atoms with Crippen LogP contribution in [-0.4, -0.2) is 22.0 Å². The number of hydrogen-bond donors (Lipinski definition) is 0. The Morgan fingerprint density at radius 2 is 2.25 bits per heavy atom. The second-order valence-corrected chi connectivity index (χ2v) is 3.38. The number of fused-ring (bicyclic) bond motifs is 1. The summed E-state index contributed by atoms with van der Waals surface area (Å²) in [5.41, 5.74) is 2.55. The molecule has 1 aromatic carbocycles. The predicted octanol–water partition coefficient (Wildman–Crippen LogP) is 1.57. The molecule has 0 amide bonds. The van der Waals surface area contributed by atoms with Crippen molar-refractivity contribution in [3.63, 3.8) is 0 Å². The second kappa shape index (κ2) is 4.18. The summed E-state index contributed by atoms with van der Waals surface area (Å²) in [6.45, 7) is 2.00. The summed E-state index contributed by atoms with van der Waals surface area (Å²) >= 11 is 0. The lowest BCUT2D eigenvalue weighted by Gasteiger charge is -2.03. The molecule has 80 valence electrons. The first kappa shape index (κ1) is 10.4. The molecular formula is C12H10N2O2. The van der Waals surface area contributed by atoms with Crippen molar-refractivity contribution in [1.29, 1.82) is 0 Å². The van der Waals surface area contributed by atoms with Gasteiger partial charge in [0.05, 0.1) is 17.2 Å². The molecule has 4 nitrogen and oxygen atoms in total. The fourth-order valence-corrected chi connectivity index (χ4v) is 1.56. The number of hydrogen-bond acceptors (Lipinski definition) is 4. The highest BCUT2D eigenvalue weighted by atomic mass is 16.2. The van der Waals surface area contributed by atoms with Crippen LogP contribution in [0.1, 0.15) is 23.0 Å². The van der Waals surface area contributed by atoms with Gasteiger partial charge in [-0.25, -0.2) is 4.98 Å². The van der Waals surface area contributed by atoms with E-state index in [0.717, 1.165) is 17.5 Å². The maximum absolute atomic E-state index is 11.2. The minimum absolute atomic E-state index is 0.100. The summed E-state index contributed by atoms with van der Waals surface area (Å²) in [6.07, 6.45) is 2.40. The van der Waals surface area contributed by atoms with Crippen molar-refractivity contribution in [1.82, 2.24) is 9.97 Å². The minimum Gasteiger partial charge on any atom is -0.294 e. The maximum Gasteiger partial charge on any atom is 0.245 e. The van der Waals surface area contributed by atoms with Gasteiger partial charge in [-0.15, -0.1) is 0 Å². The third kappa shape index (κ3) is 1.69. The van der Waals surface area contributed by atoms with Crippen molar-refractivity contribution < 1.29 is 9.59 Å². The highest BCUT2D eigenvalue weighted by Crippen LogP contribution is 2.15. The normalized spacial score (nSPS) is 10.3. The van der Waals surface area contributed by atoms with Gasteiger partial charge in [-0.1, -0.05) is 19.1 Å². The van der Waals surface area contributed by atoms with E-state index in [1.54, 1.807) is 0 Å². The van der Waals surface area contributed by atoms with Crippen molar-refractivity contribution in [3.8, 4) is 0 Å². The molecular weight excluding hydrogens is 204 g/mol. The average molecular weight is 214 g/mol. The summed E-state index contributed by atoms with van der Waals surface area (Å²) in [5.74, 6) is -0.639. The largest absolute Gasteiger partial charge is 0.294 e. The quantitative estimate of drug-likeness (QED) is 0.442. The van der Waals surface area contributed by atoms with Crippen LogP contribution in [0.5, 0.6) is 0 Å². The van der Waals surface area contributed by atoms with Crippen molar-refractivity contribution in [2.45, 2.75) is 13.3 Å². The molecule has 0 aliphatic carbocycles. The van der Waals surface area contributed by atoms with E-state index in [1.165, 1.54) is 6.20 Å². The van der Waals surface area contributed by atoms with Crippen LogP contribution in [0, 0.1) is 0 Å². The first-order valence-electron chi connectivity index (χ1n) is 5.00. The van der Waals surface area contributed by atoms with Crippen LogP contribution in [0.2, 0.25) is 0 Å². The van der Waals surface area contributed by atoms with Gasteiger partial charge in [0, 0.05) is 0 Å². The van der Waals surface area contributed by atoms with E-state index in [4.69, 9.17) is 0 Å². The van der Waals surface area contributed by atoms with Crippen molar-refractivity contribution in [3.05, 3.63) is 35.7 Å². The molecule has 16 heavy (non-hydrogen) atoms. The Morgan fingerprint density at radius 3 is 2.94 bits per heavy atom. The molecule has 0 atom stereocenters. The summed E-state index contributed by atoms with van der Waals surface area (Å²) < 4.78 is 0. The molecule has 0 saturated carbocycles. The van der Waals surface area contributed by atoms with E-state index < -0.39 is 5.78 Å². The topological polar surface area (TPSA) is 59.9 Å². The van der Waals surface area contributed by atoms with E-state index in [1.807, 2.05) is 25.1 Å². The monoisotopic (exact) mass is 214 g/mol. The maximum atomic E-state index is 11.2. The lowest BCUT2D eigenvalue weighted by atomic mass is 10.1. The van der Waals surface area contributed by atoms with E-state index in [9.17, 15) is 9.59 Å². The molecule has 0 fully saturated rings. The average Bonchev–Trinajstić information content (AvgIpc) is 2.36. The van der Waals surface area contributed by atoms with Gasteiger partial charge < -0.3 is 0 Å². The summed E-state index contributed by atoms with van der Waals surface area (Å²) in [4.78, 5) is 29.9. The zero-order valence-electron chi connectivity index (χ0n) is 8.80. The summed E-state index contributed by atoms with van der Waals surface area (Å²) in [5, 5.41) is 0. The van der Waals surface area contributed by atoms with Gasteiger partial charge in [-0.05, 0) is 18.1 Å². The molecule has 1 aromatic heterocycles. The number of carbonyl (C=O) groups is 2. The number of carbonyl (C=O) groups excluding carboxylic acids is 2.